The van der Waals surface area contributed by atoms with Crippen LogP contribution in [0.2, 0.25) is 0 Å². The van der Waals surface area contributed by atoms with E-state index in [4.69, 9.17) is 0 Å². The third-order valence-electron chi connectivity index (χ3n) is 1.85. The first-order valence-electron chi connectivity index (χ1n) is 4.15. The van der Waals surface area contributed by atoms with Gasteiger partial charge in [0, 0.05) is 19.5 Å². The van der Waals surface area contributed by atoms with Crippen LogP contribution in [0.25, 0.3) is 0 Å². The van der Waals surface area contributed by atoms with E-state index in [0.717, 1.165) is 13.0 Å². The molecule has 0 unspecified atom stereocenters. The van der Waals surface area contributed by atoms with Gasteiger partial charge >= 0.3 is 0 Å². The summed E-state index contributed by atoms with van der Waals surface area (Å²) in [5.74, 6) is 0.227. The number of allylic oxidation sites excluding steroid dienone is 1. The smallest absolute Gasteiger partial charge is 0.222 e. The highest BCUT2D eigenvalue weighted by atomic mass is 16.2. The van der Waals surface area contributed by atoms with Gasteiger partial charge in [-0.25, -0.2) is 0 Å². The molecule has 1 aliphatic heterocycles. The lowest BCUT2D eigenvalue weighted by molar-refractivity contribution is -0.127. The fraction of sp³-hybridized carbons (Fsp3) is 0.556. The van der Waals surface area contributed by atoms with Crippen LogP contribution in [0.4, 0.5) is 0 Å². The lowest BCUT2D eigenvalue weighted by Gasteiger charge is -2.11. The second-order valence-corrected chi connectivity index (χ2v) is 2.96. The Bertz CT molecular complexity index is 221. The van der Waals surface area contributed by atoms with Crippen molar-refractivity contribution in [2.45, 2.75) is 19.8 Å². The monoisotopic (exact) mass is 167 g/mol. The van der Waals surface area contributed by atoms with Crippen LogP contribution in [-0.2, 0) is 9.59 Å². The molecular formula is C9H13NO2. The van der Waals surface area contributed by atoms with Gasteiger partial charge in [-0.3, -0.25) is 9.59 Å². The Morgan fingerprint density at radius 3 is 2.92 bits per heavy atom. The minimum absolute atomic E-state index is 0.0293. The van der Waals surface area contributed by atoms with Gasteiger partial charge in [0.1, 0.15) is 0 Å². The van der Waals surface area contributed by atoms with Crippen LogP contribution >= 0.6 is 0 Å². The Kier molecular flexibility index (Phi) is 3.02. The molecule has 0 aromatic rings. The molecule has 3 heteroatoms. The number of ketones is 1. The molecule has 3 nitrogen and oxygen atoms in total. The summed E-state index contributed by atoms with van der Waals surface area (Å²) in [5, 5.41) is 0. The maximum atomic E-state index is 11.1. The van der Waals surface area contributed by atoms with Crippen LogP contribution in [0, 0.1) is 0 Å². The predicted octanol–water partition coefficient (Wildman–Crippen LogP) is 0.754. The average molecular weight is 167 g/mol. The van der Waals surface area contributed by atoms with Crippen LogP contribution in [0.15, 0.2) is 12.2 Å². The van der Waals surface area contributed by atoms with Crippen LogP contribution in [0.3, 0.4) is 0 Å². The third kappa shape index (κ3) is 2.49. The number of rotatable bonds is 3. The molecule has 1 aliphatic rings. The van der Waals surface area contributed by atoms with Crippen LogP contribution in [-0.4, -0.2) is 29.7 Å². The average Bonchev–Trinajstić information content (AvgIpc) is 2.36. The number of carbonyl (C=O) groups excluding carboxylic acids is 2. The zero-order valence-electron chi connectivity index (χ0n) is 7.25. The molecule has 0 aromatic carbocycles. The first-order chi connectivity index (χ1) is 5.70. The maximum Gasteiger partial charge on any atom is 0.222 e. The van der Waals surface area contributed by atoms with Gasteiger partial charge in [-0.1, -0.05) is 6.08 Å². The van der Waals surface area contributed by atoms with Gasteiger partial charge in [-0.15, -0.1) is 0 Å². The number of likely N-dealkylation sites (tertiary alicyclic amines) is 1. The zero-order chi connectivity index (χ0) is 8.97. The van der Waals surface area contributed by atoms with E-state index in [2.05, 4.69) is 0 Å². The summed E-state index contributed by atoms with van der Waals surface area (Å²) in [7, 11) is 0. The van der Waals surface area contributed by atoms with Gasteiger partial charge in [0.15, 0.2) is 5.78 Å². The van der Waals surface area contributed by atoms with E-state index < -0.39 is 0 Å². The normalized spacial score (nSPS) is 17.8. The van der Waals surface area contributed by atoms with E-state index in [0.29, 0.717) is 13.0 Å². The van der Waals surface area contributed by atoms with Crippen LogP contribution in [0.5, 0.6) is 0 Å². The molecule has 1 heterocycles. The Hall–Kier alpha value is -1.12. The van der Waals surface area contributed by atoms with Crippen molar-refractivity contribution in [1.29, 1.82) is 0 Å². The Labute approximate surface area is 72.0 Å². The second kappa shape index (κ2) is 4.04. The minimum atomic E-state index is 0.0293. The van der Waals surface area contributed by atoms with Crippen molar-refractivity contribution >= 4 is 11.7 Å². The molecule has 12 heavy (non-hydrogen) atoms. The second-order valence-electron chi connectivity index (χ2n) is 2.96. The van der Waals surface area contributed by atoms with E-state index in [-0.39, 0.29) is 11.7 Å². The minimum Gasteiger partial charge on any atom is -0.339 e. The fourth-order valence-corrected chi connectivity index (χ4v) is 1.24. The van der Waals surface area contributed by atoms with Gasteiger partial charge < -0.3 is 4.90 Å². The quantitative estimate of drug-likeness (QED) is 0.582. The summed E-state index contributed by atoms with van der Waals surface area (Å²) in [4.78, 5) is 23.3. The molecule has 1 rings (SSSR count). The number of hydrogen-bond acceptors (Lipinski definition) is 2. The SMILES string of the molecule is CC(=O)/C=C/CN1CCCC1=O. The van der Waals surface area contributed by atoms with Crippen molar-refractivity contribution in [2.75, 3.05) is 13.1 Å². The molecule has 0 saturated carbocycles. The third-order valence-corrected chi connectivity index (χ3v) is 1.85. The summed E-state index contributed by atoms with van der Waals surface area (Å²) >= 11 is 0. The number of amides is 1. The van der Waals surface area contributed by atoms with Gasteiger partial charge in [-0.05, 0) is 19.4 Å². The molecule has 0 spiro atoms. The molecule has 1 amide bonds. The summed E-state index contributed by atoms with van der Waals surface area (Å²) in [6, 6.07) is 0. The van der Waals surface area contributed by atoms with E-state index in [1.54, 1.807) is 11.0 Å². The first kappa shape index (κ1) is 8.97. The van der Waals surface area contributed by atoms with Crippen molar-refractivity contribution < 1.29 is 9.59 Å². The molecule has 0 atom stereocenters. The Balaban J connectivity index is 2.31. The standard InChI is InChI=1S/C9H13NO2/c1-8(11)4-2-6-10-7-3-5-9(10)12/h2,4H,3,5-7H2,1H3/b4-2+. The molecule has 0 bridgehead atoms. The van der Waals surface area contributed by atoms with E-state index >= 15 is 0 Å². The van der Waals surface area contributed by atoms with Crippen molar-refractivity contribution in [3.63, 3.8) is 0 Å². The summed E-state index contributed by atoms with van der Waals surface area (Å²) in [5.41, 5.74) is 0. The lowest BCUT2D eigenvalue weighted by Crippen LogP contribution is -2.24. The highest BCUT2D eigenvalue weighted by Crippen LogP contribution is 2.08. The van der Waals surface area contributed by atoms with Gasteiger partial charge in [0.25, 0.3) is 0 Å². The molecule has 0 N–H and O–H groups in total. The molecule has 1 fully saturated rings. The Morgan fingerprint density at radius 2 is 2.42 bits per heavy atom. The van der Waals surface area contributed by atoms with Crippen molar-refractivity contribution in [1.82, 2.24) is 4.90 Å². The number of carbonyl (C=O) groups is 2. The molecule has 1 saturated heterocycles. The number of hydrogen-bond donors (Lipinski definition) is 0. The van der Waals surface area contributed by atoms with Crippen LogP contribution < -0.4 is 0 Å². The maximum absolute atomic E-state index is 11.1. The topological polar surface area (TPSA) is 37.4 Å². The zero-order valence-corrected chi connectivity index (χ0v) is 7.25. The highest BCUT2D eigenvalue weighted by molar-refractivity contribution is 5.87. The summed E-state index contributed by atoms with van der Waals surface area (Å²) in [6.45, 7) is 2.92. The molecular weight excluding hydrogens is 154 g/mol. The van der Waals surface area contributed by atoms with Gasteiger partial charge in [-0.2, -0.15) is 0 Å². The van der Waals surface area contributed by atoms with E-state index in [1.165, 1.54) is 13.0 Å². The van der Waals surface area contributed by atoms with Crippen LogP contribution in [0.1, 0.15) is 19.8 Å². The molecule has 0 aromatic heterocycles. The number of nitrogens with zero attached hydrogens (tertiary/aromatic N) is 1. The molecule has 0 aliphatic carbocycles. The fourth-order valence-electron chi connectivity index (χ4n) is 1.24. The molecule has 0 radical (unpaired) electrons. The molecule has 66 valence electrons. The van der Waals surface area contributed by atoms with Gasteiger partial charge in [0.2, 0.25) is 5.91 Å². The largest absolute Gasteiger partial charge is 0.339 e. The van der Waals surface area contributed by atoms with Crippen molar-refractivity contribution in [3.8, 4) is 0 Å². The van der Waals surface area contributed by atoms with Crippen molar-refractivity contribution in [3.05, 3.63) is 12.2 Å². The summed E-state index contributed by atoms with van der Waals surface area (Å²) in [6.07, 6.45) is 4.86. The highest BCUT2D eigenvalue weighted by Gasteiger charge is 2.17. The van der Waals surface area contributed by atoms with Crippen molar-refractivity contribution in [2.24, 2.45) is 0 Å². The predicted molar refractivity (Wildman–Crippen MR) is 45.6 cm³/mol. The van der Waals surface area contributed by atoms with Gasteiger partial charge in [0.05, 0.1) is 0 Å². The van der Waals surface area contributed by atoms with E-state index in [1.807, 2.05) is 0 Å². The van der Waals surface area contributed by atoms with E-state index in [9.17, 15) is 9.59 Å². The Morgan fingerprint density at radius 1 is 1.67 bits per heavy atom. The summed E-state index contributed by atoms with van der Waals surface area (Å²) < 4.78 is 0. The first-order valence-corrected chi connectivity index (χ1v) is 4.15. The lowest BCUT2D eigenvalue weighted by atomic mass is 10.4.